The Morgan fingerprint density at radius 2 is 1.50 bits per heavy atom. The molecule has 0 rings (SSSR count). The molecule has 0 aromatic carbocycles. The fourth-order valence-electron chi connectivity index (χ4n) is 0. The zero-order valence-electron chi connectivity index (χ0n) is 3.69. The van der Waals surface area contributed by atoms with E-state index < -0.39 is 0 Å². The monoisotopic (exact) mass is 85.0 g/mol. The summed E-state index contributed by atoms with van der Waals surface area (Å²) in [5, 5.41) is 0. The van der Waals surface area contributed by atoms with Crippen molar-refractivity contribution in [2.45, 2.75) is 0 Å². The van der Waals surface area contributed by atoms with Gasteiger partial charge in [-0.15, -0.1) is 0 Å². The Bertz CT molecular complexity index is 11.6. The molecule has 0 heterocycles. The molecule has 0 saturated carbocycles. The van der Waals surface area contributed by atoms with Gasteiger partial charge in [-0.2, -0.15) is 9.90 Å². The van der Waals surface area contributed by atoms with Crippen LogP contribution in [0.5, 0.6) is 0 Å². The summed E-state index contributed by atoms with van der Waals surface area (Å²) >= 11 is 1.17. The maximum atomic E-state index is 8.17. The molecule has 1 atom stereocenters. The zero-order chi connectivity index (χ0) is 2.00. The number of hydrogen-bond donors (Lipinski definition) is 0. The second-order valence-corrected chi connectivity index (χ2v) is 0. The first-order chi connectivity index (χ1) is 1.00. The van der Waals surface area contributed by atoms with Crippen molar-refractivity contribution in [3.05, 3.63) is 0 Å². The van der Waals surface area contributed by atoms with E-state index in [-0.39, 0.29) is 30.2 Å². The van der Waals surface area contributed by atoms with Crippen LogP contribution in [0, 0.1) is 0 Å². The minimum atomic E-state index is 0. The Hall–Kier alpha value is 1.36. The van der Waals surface area contributed by atoms with Gasteiger partial charge in [-0.25, -0.2) is 0 Å². The van der Waals surface area contributed by atoms with Crippen molar-refractivity contribution in [3.8, 4) is 0 Å². The van der Waals surface area contributed by atoms with Crippen molar-refractivity contribution >= 4 is 26.1 Å². The molecule has 4 heavy (non-hydrogen) atoms. The van der Waals surface area contributed by atoms with Crippen molar-refractivity contribution in [2.24, 2.45) is 0 Å². The van der Waals surface area contributed by atoms with Crippen LogP contribution in [0.4, 0.5) is 0 Å². The van der Waals surface area contributed by atoms with E-state index in [1.165, 1.54) is 16.2 Å². The first-order valence-corrected chi connectivity index (χ1v) is 0.707. The van der Waals surface area contributed by atoms with Gasteiger partial charge in [0.1, 0.15) is 0 Å². The summed E-state index contributed by atoms with van der Waals surface area (Å²) in [5.41, 5.74) is 0. The Morgan fingerprint density at radius 1 is 1.50 bits per heavy atom. The summed E-state index contributed by atoms with van der Waals surface area (Å²) in [5.74, 6) is 0. The first-order valence-electron chi connectivity index (χ1n) is 0.236. The van der Waals surface area contributed by atoms with Gasteiger partial charge >= 0.3 is 38.9 Å². The molecule has 0 N–H and O–H groups in total. The Balaban J connectivity index is -0.00000000167. The van der Waals surface area contributed by atoms with Gasteiger partial charge in [-0.1, -0.05) is 0 Å². The summed E-state index contributed by atoms with van der Waals surface area (Å²) in [6.07, 6.45) is 0. The average Bonchev–Trinajstić information content (AvgIpc) is 1.00. The van der Waals surface area contributed by atoms with E-state index in [0.717, 1.165) is 0 Å². The Labute approximate surface area is 50.4 Å². The predicted octanol–water partition coefficient (Wildman–Crippen LogP) is -3.32. The van der Waals surface area contributed by atoms with Crippen LogP contribution in [-0.4, -0.2) is 16.2 Å². The zero-order valence-corrected chi connectivity index (χ0v) is 5.26. The summed E-state index contributed by atoms with van der Waals surface area (Å²) in [4.78, 5) is 0. The molecule has 0 aliphatic carbocycles. The van der Waals surface area contributed by atoms with Crippen molar-refractivity contribution in [2.75, 3.05) is 0 Å². The van der Waals surface area contributed by atoms with E-state index in [0.29, 0.717) is 0 Å². The molecule has 4 heteroatoms. The molecular formula is H4AlLiOP. The van der Waals surface area contributed by atoms with Gasteiger partial charge in [-0.05, 0) is 0 Å². The van der Waals surface area contributed by atoms with Gasteiger partial charge in [0.15, 0.2) is 0 Å². The number of hydrogen-bond acceptors (Lipinski definition) is 1. The van der Waals surface area contributed by atoms with E-state index in [1.54, 1.807) is 0 Å². The molecule has 0 aromatic heterocycles. The van der Waals surface area contributed by atoms with Crippen molar-refractivity contribution in [1.82, 2.24) is 0 Å². The quantitative estimate of drug-likeness (QED) is 0.222. The maximum absolute atomic E-state index is 8.17. The van der Waals surface area contributed by atoms with Gasteiger partial charge < -0.3 is 1.43 Å². The van der Waals surface area contributed by atoms with Gasteiger partial charge in [0.05, 0.1) is 0 Å². The van der Waals surface area contributed by atoms with Crippen LogP contribution in [0.2, 0.25) is 0 Å². The first kappa shape index (κ1) is 18.3. The molecule has 0 fully saturated rings. The normalized spacial score (nSPS) is 0.750. The van der Waals surface area contributed by atoms with Crippen molar-refractivity contribution < 1.29 is 24.1 Å². The molecule has 0 aliphatic rings. The van der Waals surface area contributed by atoms with Gasteiger partial charge in [0, 0.05) is 0 Å². The third-order valence-electron chi connectivity index (χ3n) is 0. The van der Waals surface area contributed by atoms with E-state index in [2.05, 4.69) is 0 Å². The fourth-order valence-corrected chi connectivity index (χ4v) is 0. The summed E-state index contributed by atoms with van der Waals surface area (Å²) in [7, 11) is 0. The topological polar surface area (TPSA) is 17.1 Å². The van der Waals surface area contributed by atoms with Crippen LogP contribution in [-0.2, 0) is 3.80 Å². The SMILES string of the molecule is P.[H-].[Li+].[O]=[Al]. The molecule has 0 bridgehead atoms. The Kier molecular flexibility index (Phi) is 122. The molecule has 0 saturated heterocycles. The van der Waals surface area contributed by atoms with Crippen LogP contribution in [0.1, 0.15) is 1.43 Å². The third kappa shape index (κ3) is 10.1. The summed E-state index contributed by atoms with van der Waals surface area (Å²) < 4.78 is 8.17. The van der Waals surface area contributed by atoms with Crippen LogP contribution in [0.25, 0.3) is 0 Å². The third-order valence-corrected chi connectivity index (χ3v) is 0. The molecule has 19 valence electrons. The van der Waals surface area contributed by atoms with E-state index >= 15 is 0 Å². The second kappa shape index (κ2) is 26.6. The molecule has 0 amide bonds. The van der Waals surface area contributed by atoms with Crippen molar-refractivity contribution in [3.63, 3.8) is 0 Å². The van der Waals surface area contributed by atoms with Crippen LogP contribution >= 0.6 is 9.90 Å². The van der Waals surface area contributed by atoms with Crippen LogP contribution in [0.15, 0.2) is 0 Å². The van der Waals surface area contributed by atoms with Crippen LogP contribution in [0.3, 0.4) is 0 Å². The molecule has 0 spiro atoms. The van der Waals surface area contributed by atoms with Crippen molar-refractivity contribution in [1.29, 1.82) is 0 Å². The molecule has 0 aliphatic heterocycles. The number of rotatable bonds is 0. The molecule has 0 aromatic rings. The fraction of sp³-hybridized carbons (Fsp3) is 0. The molecular weight excluding hydrogens is 80.9 g/mol. The Morgan fingerprint density at radius 3 is 1.50 bits per heavy atom. The van der Waals surface area contributed by atoms with E-state index in [9.17, 15) is 0 Å². The average molecular weight is 84.9 g/mol. The van der Waals surface area contributed by atoms with Gasteiger partial charge in [-0.3, -0.25) is 0 Å². The van der Waals surface area contributed by atoms with Gasteiger partial charge in [0.2, 0.25) is 0 Å². The van der Waals surface area contributed by atoms with Gasteiger partial charge in [0.25, 0.3) is 0 Å². The standard InChI is InChI=1S/Al.Li.O.H3P.H/h;;;1H3;/q;+1;;;-1. The predicted molar refractivity (Wildman–Crippen MR) is 18.7 cm³/mol. The minimum absolute atomic E-state index is 0. The summed E-state index contributed by atoms with van der Waals surface area (Å²) in [6.45, 7) is 0. The van der Waals surface area contributed by atoms with Crippen LogP contribution < -0.4 is 18.9 Å². The molecule has 1 nitrogen and oxygen atoms in total. The molecule has 1 unspecified atom stereocenters. The summed E-state index contributed by atoms with van der Waals surface area (Å²) in [6, 6.07) is 0. The second-order valence-electron chi connectivity index (χ2n) is 0. The molecule has 1 radical (unpaired) electrons. The van der Waals surface area contributed by atoms with E-state index in [4.69, 9.17) is 3.80 Å². The van der Waals surface area contributed by atoms with E-state index in [1.807, 2.05) is 0 Å².